The predicted octanol–water partition coefficient (Wildman–Crippen LogP) is 7.17. The van der Waals surface area contributed by atoms with Crippen LogP contribution in [0.2, 0.25) is 0 Å². The standard InChI is InChI=1S/C31H30N2O4S/c1-3-4-19-37-31(36)23-11-13-26(14-12-23)32-29(34)21(2)38-28-17-15-27(16-18-28)33-30(35)25-10-9-22-7-5-6-8-24(22)20-25/h5-18,20-21H,3-4,19H2,1-2H3,(H,32,34)(H,33,35). The van der Waals surface area contributed by atoms with Crippen LogP contribution in [-0.2, 0) is 9.53 Å². The minimum atomic E-state index is -0.364. The van der Waals surface area contributed by atoms with Crippen molar-refractivity contribution in [2.24, 2.45) is 0 Å². The third-order valence-corrected chi connectivity index (χ3v) is 7.04. The molecular weight excluding hydrogens is 496 g/mol. The van der Waals surface area contributed by atoms with Crippen molar-refractivity contribution in [3.05, 3.63) is 102 Å². The van der Waals surface area contributed by atoms with E-state index in [-0.39, 0.29) is 23.0 Å². The number of hydrogen-bond acceptors (Lipinski definition) is 5. The number of benzene rings is 4. The van der Waals surface area contributed by atoms with Gasteiger partial charge in [0.1, 0.15) is 0 Å². The third kappa shape index (κ3) is 7.23. The lowest BCUT2D eigenvalue weighted by atomic mass is 10.1. The van der Waals surface area contributed by atoms with E-state index in [2.05, 4.69) is 10.6 Å². The van der Waals surface area contributed by atoms with Crippen LogP contribution in [-0.4, -0.2) is 29.6 Å². The van der Waals surface area contributed by atoms with E-state index in [0.29, 0.717) is 29.1 Å². The van der Waals surface area contributed by atoms with E-state index in [0.717, 1.165) is 28.5 Å². The number of amides is 2. The van der Waals surface area contributed by atoms with Crippen molar-refractivity contribution in [1.82, 2.24) is 0 Å². The van der Waals surface area contributed by atoms with Gasteiger partial charge in [0.25, 0.3) is 5.91 Å². The van der Waals surface area contributed by atoms with Crippen molar-refractivity contribution in [1.29, 1.82) is 0 Å². The van der Waals surface area contributed by atoms with Crippen LogP contribution in [0.4, 0.5) is 11.4 Å². The van der Waals surface area contributed by atoms with E-state index >= 15 is 0 Å². The Morgan fingerprint density at radius 1 is 0.789 bits per heavy atom. The Labute approximate surface area is 226 Å². The van der Waals surface area contributed by atoms with Gasteiger partial charge in [-0.05, 0) is 84.8 Å². The minimum absolute atomic E-state index is 0.151. The SMILES string of the molecule is CCCCOC(=O)c1ccc(NC(=O)C(C)Sc2ccc(NC(=O)c3ccc4ccccc4c3)cc2)cc1. The summed E-state index contributed by atoms with van der Waals surface area (Å²) in [6.07, 6.45) is 1.79. The maximum Gasteiger partial charge on any atom is 0.338 e. The van der Waals surface area contributed by atoms with Crippen LogP contribution in [0.3, 0.4) is 0 Å². The van der Waals surface area contributed by atoms with E-state index < -0.39 is 0 Å². The first-order chi connectivity index (χ1) is 18.4. The first-order valence-electron chi connectivity index (χ1n) is 12.6. The molecule has 1 unspecified atom stereocenters. The molecule has 0 aliphatic rings. The highest BCUT2D eigenvalue weighted by atomic mass is 32.2. The summed E-state index contributed by atoms with van der Waals surface area (Å²) in [7, 11) is 0. The Hall–Kier alpha value is -4.10. The van der Waals surface area contributed by atoms with Crippen molar-refractivity contribution < 1.29 is 19.1 Å². The van der Waals surface area contributed by atoms with Crippen molar-refractivity contribution in [3.63, 3.8) is 0 Å². The van der Waals surface area contributed by atoms with Gasteiger partial charge in [-0.1, -0.05) is 43.7 Å². The quantitative estimate of drug-likeness (QED) is 0.130. The largest absolute Gasteiger partial charge is 0.462 e. The lowest BCUT2D eigenvalue weighted by Gasteiger charge is -2.13. The Kier molecular flexibility index (Phi) is 9.16. The molecule has 0 bridgehead atoms. The average Bonchev–Trinajstić information content (AvgIpc) is 2.94. The molecule has 0 fully saturated rings. The summed E-state index contributed by atoms with van der Waals surface area (Å²) in [5.41, 5.74) is 2.33. The average molecular weight is 527 g/mol. The van der Waals surface area contributed by atoms with Gasteiger partial charge in [0.2, 0.25) is 5.91 Å². The molecule has 0 radical (unpaired) electrons. The zero-order valence-electron chi connectivity index (χ0n) is 21.4. The lowest BCUT2D eigenvalue weighted by Crippen LogP contribution is -2.22. The van der Waals surface area contributed by atoms with Crippen LogP contribution in [0, 0.1) is 0 Å². The van der Waals surface area contributed by atoms with Gasteiger partial charge in [-0.25, -0.2) is 4.79 Å². The number of anilines is 2. The van der Waals surface area contributed by atoms with Gasteiger partial charge in [-0.3, -0.25) is 9.59 Å². The number of ether oxygens (including phenoxy) is 1. The minimum Gasteiger partial charge on any atom is -0.462 e. The fourth-order valence-corrected chi connectivity index (χ4v) is 4.60. The lowest BCUT2D eigenvalue weighted by molar-refractivity contribution is -0.115. The monoisotopic (exact) mass is 526 g/mol. The summed E-state index contributed by atoms with van der Waals surface area (Å²) in [5.74, 6) is -0.691. The molecule has 7 heteroatoms. The molecule has 4 aromatic rings. The van der Waals surface area contributed by atoms with Crippen molar-refractivity contribution in [2.45, 2.75) is 36.8 Å². The van der Waals surface area contributed by atoms with Gasteiger partial charge in [0, 0.05) is 21.8 Å². The predicted molar refractivity (Wildman–Crippen MR) is 154 cm³/mol. The number of thioether (sulfide) groups is 1. The van der Waals surface area contributed by atoms with Gasteiger partial charge in [0.05, 0.1) is 17.4 Å². The second-order valence-electron chi connectivity index (χ2n) is 8.86. The highest BCUT2D eigenvalue weighted by Crippen LogP contribution is 2.26. The van der Waals surface area contributed by atoms with Crippen molar-refractivity contribution in [2.75, 3.05) is 17.2 Å². The summed E-state index contributed by atoms with van der Waals surface area (Å²) in [6.45, 7) is 4.27. The smallest absolute Gasteiger partial charge is 0.338 e. The molecule has 0 heterocycles. The molecule has 1 atom stereocenters. The zero-order chi connectivity index (χ0) is 26.9. The number of carbonyl (C=O) groups excluding carboxylic acids is 3. The number of nitrogens with one attached hydrogen (secondary N) is 2. The van der Waals surface area contributed by atoms with Crippen LogP contribution >= 0.6 is 11.8 Å². The van der Waals surface area contributed by atoms with Gasteiger partial charge >= 0.3 is 5.97 Å². The van der Waals surface area contributed by atoms with Gasteiger partial charge < -0.3 is 15.4 Å². The molecule has 0 aromatic heterocycles. The number of unbranched alkanes of at least 4 members (excludes halogenated alkanes) is 1. The zero-order valence-corrected chi connectivity index (χ0v) is 22.2. The second kappa shape index (κ2) is 12.9. The van der Waals surface area contributed by atoms with Gasteiger partial charge in [0.15, 0.2) is 0 Å². The molecule has 0 saturated carbocycles. The molecule has 4 aromatic carbocycles. The molecule has 2 N–H and O–H groups in total. The summed E-state index contributed by atoms with van der Waals surface area (Å²) in [5, 5.41) is 7.55. The highest BCUT2D eigenvalue weighted by molar-refractivity contribution is 8.00. The van der Waals surface area contributed by atoms with Crippen LogP contribution < -0.4 is 10.6 Å². The van der Waals surface area contributed by atoms with Crippen molar-refractivity contribution >= 4 is 51.7 Å². The maximum absolute atomic E-state index is 12.7. The van der Waals surface area contributed by atoms with E-state index in [1.165, 1.54) is 11.8 Å². The Bertz CT molecular complexity index is 1420. The molecule has 4 rings (SSSR count). The molecule has 0 saturated heterocycles. The molecule has 0 aliphatic carbocycles. The molecule has 38 heavy (non-hydrogen) atoms. The summed E-state index contributed by atoms with van der Waals surface area (Å²) >= 11 is 1.42. The highest BCUT2D eigenvalue weighted by Gasteiger charge is 2.16. The van der Waals surface area contributed by atoms with Gasteiger partial charge in [-0.15, -0.1) is 11.8 Å². The fraction of sp³-hybridized carbons (Fsp3) is 0.194. The molecule has 0 aliphatic heterocycles. The Balaban J connectivity index is 1.28. The van der Waals surface area contributed by atoms with Crippen LogP contribution in [0.1, 0.15) is 47.4 Å². The number of carbonyl (C=O) groups is 3. The summed E-state index contributed by atoms with van der Waals surface area (Å²) < 4.78 is 5.21. The Morgan fingerprint density at radius 3 is 2.13 bits per heavy atom. The summed E-state index contributed by atoms with van der Waals surface area (Å²) in [6, 6.07) is 27.6. The van der Waals surface area contributed by atoms with E-state index in [1.807, 2.05) is 80.6 Å². The Morgan fingerprint density at radius 2 is 1.42 bits per heavy atom. The van der Waals surface area contributed by atoms with Crippen LogP contribution in [0.5, 0.6) is 0 Å². The van der Waals surface area contributed by atoms with Crippen LogP contribution in [0.25, 0.3) is 10.8 Å². The molecule has 194 valence electrons. The maximum atomic E-state index is 12.7. The first kappa shape index (κ1) is 26.9. The number of fused-ring (bicyclic) bond motifs is 1. The fourth-order valence-electron chi connectivity index (χ4n) is 3.73. The van der Waals surface area contributed by atoms with Crippen molar-refractivity contribution in [3.8, 4) is 0 Å². The second-order valence-corrected chi connectivity index (χ2v) is 10.3. The number of rotatable bonds is 10. The molecular formula is C31H30N2O4S. The molecule has 2 amide bonds. The summed E-state index contributed by atoms with van der Waals surface area (Å²) in [4.78, 5) is 38.3. The molecule has 6 nitrogen and oxygen atoms in total. The number of esters is 1. The number of hydrogen-bond donors (Lipinski definition) is 2. The van der Waals surface area contributed by atoms with E-state index in [9.17, 15) is 14.4 Å². The third-order valence-electron chi connectivity index (χ3n) is 5.93. The van der Waals surface area contributed by atoms with E-state index in [4.69, 9.17) is 4.74 Å². The normalized spacial score (nSPS) is 11.5. The topological polar surface area (TPSA) is 84.5 Å². The van der Waals surface area contributed by atoms with E-state index in [1.54, 1.807) is 24.3 Å². The first-order valence-corrected chi connectivity index (χ1v) is 13.5. The van der Waals surface area contributed by atoms with Crippen LogP contribution in [0.15, 0.2) is 95.9 Å². The molecule has 0 spiro atoms. The van der Waals surface area contributed by atoms with Gasteiger partial charge in [-0.2, -0.15) is 0 Å².